The maximum atomic E-state index is 11.6. The van der Waals surface area contributed by atoms with Crippen LogP contribution in [0.1, 0.15) is 26.7 Å². The molecule has 0 aromatic heterocycles. The number of amides is 1. The lowest BCUT2D eigenvalue weighted by Gasteiger charge is -2.38. The number of rotatable bonds is 6. The van der Waals surface area contributed by atoms with Gasteiger partial charge in [0.05, 0.1) is 5.60 Å². The van der Waals surface area contributed by atoms with Gasteiger partial charge in [0.25, 0.3) is 0 Å². The maximum absolute atomic E-state index is 11.6. The van der Waals surface area contributed by atoms with Crippen LogP contribution in [0.4, 0.5) is 0 Å². The van der Waals surface area contributed by atoms with E-state index >= 15 is 0 Å². The van der Waals surface area contributed by atoms with Crippen molar-refractivity contribution in [2.75, 3.05) is 45.9 Å². The molecule has 2 aliphatic heterocycles. The topological polar surface area (TPSA) is 53.6 Å². The Bertz CT molecular complexity index is 297. The van der Waals surface area contributed by atoms with Gasteiger partial charge >= 0.3 is 0 Å². The average molecular weight is 269 g/mol. The van der Waals surface area contributed by atoms with Crippen molar-refractivity contribution in [1.82, 2.24) is 15.5 Å². The Morgan fingerprint density at radius 1 is 1.42 bits per heavy atom. The van der Waals surface area contributed by atoms with E-state index in [9.17, 15) is 4.79 Å². The van der Waals surface area contributed by atoms with Crippen LogP contribution in [0, 0.1) is 5.92 Å². The SMILES string of the molecule is CC1CCN(CCNC(=O)COC2(C)CNC2)CC1. The largest absolute Gasteiger partial charge is 0.363 e. The van der Waals surface area contributed by atoms with Gasteiger partial charge in [-0.15, -0.1) is 0 Å². The predicted molar refractivity (Wildman–Crippen MR) is 75.1 cm³/mol. The third-order valence-electron chi connectivity index (χ3n) is 4.18. The number of carbonyl (C=O) groups excluding carboxylic acids is 1. The summed E-state index contributed by atoms with van der Waals surface area (Å²) in [6.45, 7) is 10.2. The molecule has 1 amide bonds. The van der Waals surface area contributed by atoms with Crippen molar-refractivity contribution in [3.63, 3.8) is 0 Å². The summed E-state index contributed by atoms with van der Waals surface area (Å²) in [5.74, 6) is 0.856. The quantitative estimate of drug-likeness (QED) is 0.724. The first-order chi connectivity index (χ1) is 9.07. The molecule has 5 nitrogen and oxygen atoms in total. The fraction of sp³-hybridized carbons (Fsp3) is 0.929. The van der Waals surface area contributed by atoms with Crippen LogP contribution >= 0.6 is 0 Å². The molecule has 0 aromatic carbocycles. The summed E-state index contributed by atoms with van der Waals surface area (Å²) in [7, 11) is 0. The van der Waals surface area contributed by atoms with E-state index in [2.05, 4.69) is 22.5 Å². The number of carbonyl (C=O) groups is 1. The van der Waals surface area contributed by atoms with Crippen molar-refractivity contribution < 1.29 is 9.53 Å². The first-order valence-corrected chi connectivity index (χ1v) is 7.41. The van der Waals surface area contributed by atoms with Gasteiger partial charge in [0.1, 0.15) is 6.61 Å². The van der Waals surface area contributed by atoms with Crippen LogP contribution in [0.25, 0.3) is 0 Å². The molecule has 2 fully saturated rings. The third-order valence-corrected chi connectivity index (χ3v) is 4.18. The van der Waals surface area contributed by atoms with Gasteiger partial charge in [-0.2, -0.15) is 0 Å². The Kier molecular flexibility index (Phi) is 5.19. The van der Waals surface area contributed by atoms with Crippen molar-refractivity contribution in [2.24, 2.45) is 5.92 Å². The van der Waals surface area contributed by atoms with Gasteiger partial charge in [-0.3, -0.25) is 4.79 Å². The van der Waals surface area contributed by atoms with Gasteiger partial charge in [0.2, 0.25) is 5.91 Å². The first kappa shape index (κ1) is 14.8. The zero-order chi connectivity index (χ0) is 13.7. The standard InChI is InChI=1S/C14H27N3O2/c1-12-3-6-17(7-4-12)8-5-16-13(18)9-19-14(2)10-15-11-14/h12,15H,3-11H2,1-2H3,(H,16,18). The van der Waals surface area contributed by atoms with E-state index in [1.165, 1.54) is 12.8 Å². The highest BCUT2D eigenvalue weighted by molar-refractivity contribution is 5.77. The van der Waals surface area contributed by atoms with Gasteiger partial charge in [-0.25, -0.2) is 0 Å². The van der Waals surface area contributed by atoms with E-state index in [0.717, 1.165) is 45.2 Å². The van der Waals surface area contributed by atoms with Crippen LogP contribution in [-0.4, -0.2) is 62.3 Å². The minimum Gasteiger partial charge on any atom is -0.363 e. The lowest BCUT2D eigenvalue weighted by Crippen LogP contribution is -2.59. The Balaban J connectivity index is 1.51. The molecule has 0 spiro atoms. The van der Waals surface area contributed by atoms with E-state index in [-0.39, 0.29) is 18.1 Å². The Hall–Kier alpha value is -0.650. The van der Waals surface area contributed by atoms with Crippen LogP contribution in [-0.2, 0) is 9.53 Å². The maximum Gasteiger partial charge on any atom is 0.246 e. The van der Waals surface area contributed by atoms with Crippen LogP contribution < -0.4 is 10.6 Å². The van der Waals surface area contributed by atoms with E-state index in [1.54, 1.807) is 0 Å². The van der Waals surface area contributed by atoms with E-state index in [1.807, 2.05) is 6.92 Å². The van der Waals surface area contributed by atoms with Crippen LogP contribution in [0.15, 0.2) is 0 Å². The molecule has 0 atom stereocenters. The van der Waals surface area contributed by atoms with Gasteiger partial charge < -0.3 is 20.3 Å². The highest BCUT2D eigenvalue weighted by Gasteiger charge is 2.32. The molecule has 2 saturated heterocycles. The predicted octanol–water partition coefficient (Wildman–Crippen LogP) is 0.213. The van der Waals surface area contributed by atoms with Crippen molar-refractivity contribution in [1.29, 1.82) is 0 Å². The molecule has 5 heteroatoms. The normalized spacial score (nSPS) is 23.9. The van der Waals surface area contributed by atoms with Gasteiger partial charge in [0, 0.05) is 26.2 Å². The van der Waals surface area contributed by atoms with Gasteiger partial charge in [-0.1, -0.05) is 6.92 Å². The Morgan fingerprint density at radius 2 is 2.11 bits per heavy atom. The molecule has 2 rings (SSSR count). The highest BCUT2D eigenvalue weighted by atomic mass is 16.5. The van der Waals surface area contributed by atoms with Crippen LogP contribution in [0.5, 0.6) is 0 Å². The molecule has 0 aromatic rings. The van der Waals surface area contributed by atoms with Gasteiger partial charge in [0.15, 0.2) is 0 Å². The number of ether oxygens (including phenoxy) is 1. The number of hydrogen-bond acceptors (Lipinski definition) is 4. The van der Waals surface area contributed by atoms with Gasteiger partial charge in [-0.05, 0) is 38.8 Å². The Labute approximate surface area is 116 Å². The number of piperidine rings is 1. The molecule has 110 valence electrons. The molecule has 0 aliphatic carbocycles. The number of nitrogens with one attached hydrogen (secondary N) is 2. The van der Waals surface area contributed by atoms with E-state index < -0.39 is 0 Å². The molecule has 2 heterocycles. The summed E-state index contributed by atoms with van der Waals surface area (Å²) in [6.07, 6.45) is 2.56. The lowest BCUT2D eigenvalue weighted by molar-refractivity contribution is -0.135. The van der Waals surface area contributed by atoms with Crippen molar-refractivity contribution in [3.05, 3.63) is 0 Å². The second-order valence-electron chi connectivity index (χ2n) is 6.22. The third kappa shape index (κ3) is 4.75. The highest BCUT2D eigenvalue weighted by Crippen LogP contribution is 2.15. The zero-order valence-corrected chi connectivity index (χ0v) is 12.2. The molecule has 2 aliphatic rings. The molecule has 0 radical (unpaired) electrons. The average Bonchev–Trinajstić information content (AvgIpc) is 2.36. The number of nitrogens with zero attached hydrogens (tertiary/aromatic N) is 1. The zero-order valence-electron chi connectivity index (χ0n) is 12.2. The fourth-order valence-corrected chi connectivity index (χ4v) is 2.51. The molecule has 0 bridgehead atoms. The minimum absolute atomic E-state index is 0.00139. The molecular formula is C14H27N3O2. The minimum atomic E-state index is -0.139. The summed E-state index contributed by atoms with van der Waals surface area (Å²) < 4.78 is 5.60. The monoisotopic (exact) mass is 269 g/mol. The summed E-state index contributed by atoms with van der Waals surface area (Å²) in [5, 5.41) is 6.09. The Morgan fingerprint density at radius 3 is 2.68 bits per heavy atom. The van der Waals surface area contributed by atoms with Crippen molar-refractivity contribution >= 4 is 5.91 Å². The van der Waals surface area contributed by atoms with Crippen molar-refractivity contribution in [2.45, 2.75) is 32.3 Å². The smallest absolute Gasteiger partial charge is 0.246 e. The second kappa shape index (κ2) is 6.68. The first-order valence-electron chi connectivity index (χ1n) is 7.41. The summed E-state index contributed by atoms with van der Waals surface area (Å²) in [4.78, 5) is 14.1. The molecule has 0 unspecified atom stereocenters. The summed E-state index contributed by atoms with van der Waals surface area (Å²) in [6, 6.07) is 0. The van der Waals surface area contributed by atoms with Crippen molar-refractivity contribution in [3.8, 4) is 0 Å². The number of likely N-dealkylation sites (tertiary alicyclic amines) is 1. The van der Waals surface area contributed by atoms with E-state index in [0.29, 0.717) is 0 Å². The summed E-state index contributed by atoms with van der Waals surface area (Å²) >= 11 is 0. The second-order valence-corrected chi connectivity index (χ2v) is 6.22. The van der Waals surface area contributed by atoms with Crippen LogP contribution in [0.3, 0.4) is 0 Å². The number of hydrogen-bond donors (Lipinski definition) is 2. The molecule has 0 saturated carbocycles. The molecular weight excluding hydrogens is 242 g/mol. The molecule has 19 heavy (non-hydrogen) atoms. The lowest BCUT2D eigenvalue weighted by atomic mass is 9.99. The fourth-order valence-electron chi connectivity index (χ4n) is 2.51. The summed E-state index contributed by atoms with van der Waals surface area (Å²) in [5.41, 5.74) is -0.139. The van der Waals surface area contributed by atoms with E-state index in [4.69, 9.17) is 4.74 Å². The van der Waals surface area contributed by atoms with Crippen LogP contribution in [0.2, 0.25) is 0 Å². The molecule has 2 N–H and O–H groups in total.